The van der Waals surface area contributed by atoms with Crippen molar-refractivity contribution in [3.05, 3.63) is 41.7 Å². The summed E-state index contributed by atoms with van der Waals surface area (Å²) in [5.74, 6) is -0.712. The summed E-state index contributed by atoms with van der Waals surface area (Å²) in [6.07, 6.45) is 1.77. The Hall–Kier alpha value is -2.50. The molecule has 0 aliphatic rings. The largest absolute Gasteiger partial charge is 0.508 e. The summed E-state index contributed by atoms with van der Waals surface area (Å²) in [5, 5.41) is 25.5. The molecule has 0 saturated carbocycles. The van der Waals surface area contributed by atoms with Gasteiger partial charge in [0.05, 0.1) is 17.8 Å². The average molecular weight is 247 g/mol. The Morgan fingerprint density at radius 1 is 1.39 bits per heavy atom. The lowest BCUT2D eigenvalue weighted by Gasteiger charge is -2.05. The van der Waals surface area contributed by atoms with Crippen LogP contribution in [0.1, 0.15) is 16.1 Å². The number of hydrogen-bond donors (Lipinski definition) is 3. The number of aromatic nitrogens is 2. The predicted octanol–water partition coefficient (Wildman–Crippen LogP) is 0.761. The van der Waals surface area contributed by atoms with Crippen LogP contribution in [0.3, 0.4) is 0 Å². The van der Waals surface area contributed by atoms with E-state index < -0.39 is 5.91 Å². The molecule has 1 aromatic carbocycles. The third-order valence-electron chi connectivity index (χ3n) is 2.42. The number of carbonyl (C=O) groups is 1. The zero-order valence-corrected chi connectivity index (χ0v) is 9.79. The molecule has 0 spiro atoms. The molecular formula is C12H13N3O3. The summed E-state index contributed by atoms with van der Waals surface area (Å²) in [6.45, 7) is 0.259. The van der Waals surface area contributed by atoms with Gasteiger partial charge in [0.1, 0.15) is 11.5 Å². The van der Waals surface area contributed by atoms with Gasteiger partial charge in [-0.15, -0.1) is 0 Å². The molecule has 6 heteroatoms. The average Bonchev–Trinajstić information content (AvgIpc) is 2.75. The molecule has 0 radical (unpaired) electrons. The number of hydrogen-bond acceptors (Lipinski definition) is 4. The van der Waals surface area contributed by atoms with Crippen molar-refractivity contribution >= 4 is 5.91 Å². The van der Waals surface area contributed by atoms with Crippen LogP contribution in [0.4, 0.5) is 0 Å². The monoisotopic (exact) mass is 247 g/mol. The number of aryl methyl sites for hydroxylation is 1. The summed E-state index contributed by atoms with van der Waals surface area (Å²) in [7, 11) is 1.78. The number of benzene rings is 1. The van der Waals surface area contributed by atoms with Crippen LogP contribution in [-0.4, -0.2) is 25.9 Å². The topological polar surface area (TPSA) is 87.4 Å². The van der Waals surface area contributed by atoms with Crippen molar-refractivity contribution < 1.29 is 15.0 Å². The lowest BCUT2D eigenvalue weighted by molar-refractivity contribution is 0.0947. The van der Waals surface area contributed by atoms with Gasteiger partial charge in [0.25, 0.3) is 5.91 Å². The van der Waals surface area contributed by atoms with Gasteiger partial charge >= 0.3 is 0 Å². The van der Waals surface area contributed by atoms with Gasteiger partial charge in [-0.1, -0.05) is 0 Å². The van der Waals surface area contributed by atoms with E-state index in [1.807, 2.05) is 0 Å². The second kappa shape index (κ2) is 4.79. The summed E-state index contributed by atoms with van der Waals surface area (Å²) in [4.78, 5) is 11.8. The Kier molecular flexibility index (Phi) is 3.18. The summed E-state index contributed by atoms with van der Waals surface area (Å²) < 4.78 is 1.63. The molecule has 0 fully saturated rings. The summed E-state index contributed by atoms with van der Waals surface area (Å²) in [6, 6.07) is 5.57. The van der Waals surface area contributed by atoms with Crippen LogP contribution >= 0.6 is 0 Å². The van der Waals surface area contributed by atoms with Crippen molar-refractivity contribution in [2.45, 2.75) is 6.54 Å². The van der Waals surface area contributed by atoms with Gasteiger partial charge in [-0.05, 0) is 24.3 Å². The molecule has 94 valence electrons. The molecule has 6 nitrogen and oxygen atoms in total. The minimum atomic E-state index is -0.464. The highest BCUT2D eigenvalue weighted by Gasteiger charge is 2.12. The number of rotatable bonds is 3. The lowest BCUT2D eigenvalue weighted by Crippen LogP contribution is -2.23. The van der Waals surface area contributed by atoms with Crippen molar-refractivity contribution in [3.63, 3.8) is 0 Å². The van der Waals surface area contributed by atoms with E-state index in [-0.39, 0.29) is 23.6 Å². The van der Waals surface area contributed by atoms with E-state index in [4.69, 9.17) is 0 Å². The Labute approximate surface area is 103 Å². The molecule has 0 atom stereocenters. The number of amides is 1. The lowest BCUT2D eigenvalue weighted by atomic mass is 10.1. The normalized spacial score (nSPS) is 10.3. The molecule has 1 aromatic heterocycles. The molecule has 1 heterocycles. The first-order valence-corrected chi connectivity index (χ1v) is 5.35. The quantitative estimate of drug-likeness (QED) is 0.699. The van der Waals surface area contributed by atoms with Crippen LogP contribution in [0, 0.1) is 0 Å². The summed E-state index contributed by atoms with van der Waals surface area (Å²) in [5.41, 5.74) is 0.747. The minimum Gasteiger partial charge on any atom is -0.508 e. The SMILES string of the molecule is Cn1ccc(CNC(=O)c2cc(O)ccc2O)n1. The first-order chi connectivity index (χ1) is 8.56. The fourth-order valence-electron chi connectivity index (χ4n) is 1.53. The molecule has 2 rings (SSSR count). The zero-order chi connectivity index (χ0) is 13.1. The Balaban J connectivity index is 2.05. The van der Waals surface area contributed by atoms with Crippen LogP contribution in [0.15, 0.2) is 30.5 Å². The van der Waals surface area contributed by atoms with Gasteiger partial charge in [-0.25, -0.2) is 0 Å². The van der Waals surface area contributed by atoms with Gasteiger partial charge in [0.2, 0.25) is 0 Å². The molecule has 0 aliphatic carbocycles. The van der Waals surface area contributed by atoms with E-state index in [1.54, 1.807) is 24.0 Å². The van der Waals surface area contributed by atoms with Gasteiger partial charge in [-0.2, -0.15) is 5.10 Å². The maximum atomic E-state index is 11.8. The van der Waals surface area contributed by atoms with Crippen LogP contribution in [-0.2, 0) is 13.6 Å². The number of aromatic hydroxyl groups is 2. The van der Waals surface area contributed by atoms with Crippen molar-refractivity contribution in [3.8, 4) is 11.5 Å². The highest BCUT2D eigenvalue weighted by Crippen LogP contribution is 2.21. The fourth-order valence-corrected chi connectivity index (χ4v) is 1.53. The van der Waals surface area contributed by atoms with E-state index in [2.05, 4.69) is 10.4 Å². The molecule has 3 N–H and O–H groups in total. The van der Waals surface area contributed by atoms with E-state index in [1.165, 1.54) is 18.2 Å². The molecular weight excluding hydrogens is 234 g/mol. The number of nitrogens with zero attached hydrogens (tertiary/aromatic N) is 2. The van der Waals surface area contributed by atoms with Crippen molar-refractivity contribution in [1.82, 2.24) is 15.1 Å². The second-order valence-electron chi connectivity index (χ2n) is 3.86. The van der Waals surface area contributed by atoms with Gasteiger partial charge in [-0.3, -0.25) is 9.48 Å². The smallest absolute Gasteiger partial charge is 0.255 e. The zero-order valence-electron chi connectivity index (χ0n) is 9.79. The molecule has 1 amide bonds. The maximum Gasteiger partial charge on any atom is 0.255 e. The highest BCUT2D eigenvalue weighted by atomic mass is 16.3. The predicted molar refractivity (Wildman–Crippen MR) is 64.1 cm³/mol. The number of phenolic OH excluding ortho intramolecular Hbond substituents is 2. The van der Waals surface area contributed by atoms with Gasteiger partial charge in [0.15, 0.2) is 0 Å². The second-order valence-corrected chi connectivity index (χ2v) is 3.86. The summed E-state index contributed by atoms with van der Waals surface area (Å²) >= 11 is 0. The number of carbonyl (C=O) groups excluding carboxylic acids is 1. The third kappa shape index (κ3) is 2.60. The first kappa shape index (κ1) is 12.0. The fraction of sp³-hybridized carbons (Fsp3) is 0.167. The first-order valence-electron chi connectivity index (χ1n) is 5.35. The van der Waals surface area contributed by atoms with Crippen LogP contribution in [0.25, 0.3) is 0 Å². The molecule has 0 unspecified atom stereocenters. The Bertz CT molecular complexity index is 578. The number of phenols is 2. The molecule has 0 aliphatic heterocycles. The standard InChI is InChI=1S/C12H13N3O3/c1-15-5-4-8(14-15)7-13-12(18)10-6-9(16)2-3-11(10)17/h2-6,16-17H,7H2,1H3,(H,13,18). The van der Waals surface area contributed by atoms with E-state index in [9.17, 15) is 15.0 Å². The minimum absolute atomic E-state index is 0.0333. The molecule has 2 aromatic rings. The van der Waals surface area contributed by atoms with Crippen LogP contribution < -0.4 is 5.32 Å². The maximum absolute atomic E-state index is 11.8. The van der Waals surface area contributed by atoms with Gasteiger partial charge in [0, 0.05) is 13.2 Å². The van der Waals surface area contributed by atoms with Gasteiger partial charge < -0.3 is 15.5 Å². The third-order valence-corrected chi connectivity index (χ3v) is 2.42. The molecule has 0 bridgehead atoms. The van der Waals surface area contributed by atoms with Crippen LogP contribution in [0.5, 0.6) is 11.5 Å². The number of nitrogens with one attached hydrogen (secondary N) is 1. The Morgan fingerprint density at radius 2 is 2.17 bits per heavy atom. The Morgan fingerprint density at radius 3 is 2.83 bits per heavy atom. The van der Waals surface area contributed by atoms with E-state index in [0.29, 0.717) is 5.69 Å². The van der Waals surface area contributed by atoms with E-state index in [0.717, 1.165) is 0 Å². The van der Waals surface area contributed by atoms with Crippen molar-refractivity contribution in [2.75, 3.05) is 0 Å². The molecule has 18 heavy (non-hydrogen) atoms. The molecule has 0 saturated heterocycles. The van der Waals surface area contributed by atoms with E-state index >= 15 is 0 Å². The van der Waals surface area contributed by atoms with Crippen molar-refractivity contribution in [2.24, 2.45) is 7.05 Å². The van der Waals surface area contributed by atoms with Crippen LogP contribution in [0.2, 0.25) is 0 Å². The van der Waals surface area contributed by atoms with Crippen molar-refractivity contribution in [1.29, 1.82) is 0 Å². The highest BCUT2D eigenvalue weighted by molar-refractivity contribution is 5.97.